The summed E-state index contributed by atoms with van der Waals surface area (Å²) < 4.78 is 17.3. The summed E-state index contributed by atoms with van der Waals surface area (Å²) in [7, 11) is 2.85. The topological polar surface area (TPSA) is 66.8 Å². The van der Waals surface area contributed by atoms with Crippen molar-refractivity contribution in [2.75, 3.05) is 14.2 Å². The number of para-hydroxylation sites is 3. The number of methoxy groups -OCH3 is 2. The zero-order valence-electron chi connectivity index (χ0n) is 14.8. The third kappa shape index (κ3) is 3.13. The van der Waals surface area contributed by atoms with Crippen LogP contribution in [-0.2, 0) is 4.74 Å². The van der Waals surface area contributed by atoms with Gasteiger partial charge in [-0.15, -0.1) is 0 Å². The first-order valence-corrected chi connectivity index (χ1v) is 8.09. The van der Waals surface area contributed by atoms with Gasteiger partial charge in [-0.3, -0.25) is 9.36 Å². The average molecular weight is 353 g/mol. The lowest BCUT2D eigenvalue weighted by Gasteiger charge is -2.16. The van der Waals surface area contributed by atoms with E-state index in [4.69, 9.17) is 14.2 Å². The van der Waals surface area contributed by atoms with Crippen LogP contribution in [0.25, 0.3) is 10.9 Å². The first kappa shape index (κ1) is 17.5. The number of hydrogen-bond donors (Lipinski definition) is 0. The molecular weight excluding hydrogens is 334 g/mol. The van der Waals surface area contributed by atoms with Gasteiger partial charge in [0.25, 0.3) is 5.91 Å². The number of aromatic nitrogens is 1. The van der Waals surface area contributed by atoms with E-state index >= 15 is 0 Å². The maximum absolute atomic E-state index is 12.9. The standard InChI is InChI=1S/C20H19NO5/c1-13(26-18-11-7-6-10-17(18)24-2)19(22)21-12-15(20(23)25-3)14-8-4-5-9-16(14)21/h4-13H,1-3H3. The van der Waals surface area contributed by atoms with E-state index in [0.29, 0.717) is 28.0 Å². The number of nitrogens with zero attached hydrogens (tertiary/aromatic N) is 1. The van der Waals surface area contributed by atoms with Crippen molar-refractivity contribution in [1.29, 1.82) is 0 Å². The van der Waals surface area contributed by atoms with Gasteiger partial charge in [-0.05, 0) is 25.1 Å². The van der Waals surface area contributed by atoms with Crippen LogP contribution in [0.2, 0.25) is 0 Å². The molecule has 0 aliphatic rings. The van der Waals surface area contributed by atoms with Gasteiger partial charge in [-0.25, -0.2) is 4.79 Å². The number of ether oxygens (including phenoxy) is 3. The van der Waals surface area contributed by atoms with E-state index in [-0.39, 0.29) is 5.91 Å². The van der Waals surface area contributed by atoms with Crippen molar-refractivity contribution in [2.24, 2.45) is 0 Å². The van der Waals surface area contributed by atoms with E-state index < -0.39 is 12.1 Å². The molecule has 0 fully saturated rings. The highest BCUT2D eigenvalue weighted by atomic mass is 16.5. The Kier molecular flexibility index (Phi) is 4.93. The van der Waals surface area contributed by atoms with Crippen LogP contribution in [0.5, 0.6) is 11.5 Å². The smallest absolute Gasteiger partial charge is 0.340 e. The first-order valence-electron chi connectivity index (χ1n) is 8.09. The second-order valence-electron chi connectivity index (χ2n) is 5.67. The van der Waals surface area contributed by atoms with Crippen LogP contribution in [0, 0.1) is 0 Å². The monoisotopic (exact) mass is 353 g/mol. The summed E-state index contributed by atoms with van der Waals surface area (Å²) in [5.74, 6) is 0.216. The van der Waals surface area contributed by atoms with Gasteiger partial charge in [0.05, 0.1) is 25.3 Å². The van der Waals surface area contributed by atoms with Crippen molar-refractivity contribution in [3.8, 4) is 11.5 Å². The molecule has 6 nitrogen and oxygen atoms in total. The number of benzene rings is 2. The highest BCUT2D eigenvalue weighted by molar-refractivity contribution is 6.07. The molecule has 2 aromatic carbocycles. The number of carbonyl (C=O) groups excluding carboxylic acids is 2. The highest BCUT2D eigenvalue weighted by Gasteiger charge is 2.23. The van der Waals surface area contributed by atoms with Gasteiger partial charge < -0.3 is 14.2 Å². The molecule has 6 heteroatoms. The van der Waals surface area contributed by atoms with E-state index in [1.807, 2.05) is 6.07 Å². The molecule has 0 bridgehead atoms. The molecule has 0 N–H and O–H groups in total. The van der Waals surface area contributed by atoms with Gasteiger partial charge >= 0.3 is 5.97 Å². The predicted molar refractivity (Wildman–Crippen MR) is 97.0 cm³/mol. The van der Waals surface area contributed by atoms with Crippen LogP contribution in [0.4, 0.5) is 0 Å². The quantitative estimate of drug-likeness (QED) is 0.656. The third-order valence-corrected chi connectivity index (χ3v) is 4.08. The number of esters is 1. The van der Waals surface area contributed by atoms with Crippen molar-refractivity contribution in [3.05, 3.63) is 60.3 Å². The molecule has 1 aromatic heterocycles. The fourth-order valence-electron chi connectivity index (χ4n) is 2.79. The zero-order chi connectivity index (χ0) is 18.7. The normalized spacial score (nSPS) is 11.8. The van der Waals surface area contributed by atoms with Crippen molar-refractivity contribution >= 4 is 22.8 Å². The minimum Gasteiger partial charge on any atom is -0.493 e. The summed E-state index contributed by atoms with van der Waals surface area (Å²) in [5, 5.41) is 0.650. The van der Waals surface area contributed by atoms with Crippen molar-refractivity contribution < 1.29 is 23.8 Å². The molecule has 1 heterocycles. The van der Waals surface area contributed by atoms with E-state index in [9.17, 15) is 9.59 Å². The Morgan fingerprint density at radius 1 is 0.962 bits per heavy atom. The van der Waals surface area contributed by atoms with Gasteiger partial charge in [0.15, 0.2) is 17.6 Å². The molecule has 0 aliphatic heterocycles. The second kappa shape index (κ2) is 7.31. The van der Waals surface area contributed by atoms with Crippen LogP contribution in [0.15, 0.2) is 54.7 Å². The molecule has 0 amide bonds. The zero-order valence-corrected chi connectivity index (χ0v) is 14.8. The Balaban J connectivity index is 1.96. The molecule has 0 spiro atoms. The SMILES string of the molecule is COC(=O)c1cn(C(=O)C(C)Oc2ccccc2OC)c2ccccc12. The second-order valence-corrected chi connectivity index (χ2v) is 5.67. The molecule has 3 rings (SSSR count). The van der Waals surface area contributed by atoms with Gasteiger partial charge in [-0.2, -0.15) is 0 Å². The van der Waals surface area contributed by atoms with Crippen LogP contribution in [0.1, 0.15) is 22.1 Å². The van der Waals surface area contributed by atoms with E-state index in [0.717, 1.165) is 0 Å². The molecule has 0 radical (unpaired) electrons. The maximum atomic E-state index is 12.9. The Morgan fingerprint density at radius 2 is 1.62 bits per heavy atom. The Morgan fingerprint density at radius 3 is 2.31 bits per heavy atom. The molecule has 0 saturated carbocycles. The number of rotatable bonds is 5. The van der Waals surface area contributed by atoms with E-state index in [1.54, 1.807) is 49.4 Å². The molecule has 3 aromatic rings. The van der Waals surface area contributed by atoms with E-state index in [2.05, 4.69) is 0 Å². The van der Waals surface area contributed by atoms with Crippen molar-refractivity contribution in [3.63, 3.8) is 0 Å². The van der Waals surface area contributed by atoms with Crippen LogP contribution < -0.4 is 9.47 Å². The molecule has 0 aliphatic carbocycles. The molecule has 1 atom stereocenters. The molecule has 134 valence electrons. The number of carbonyl (C=O) groups is 2. The van der Waals surface area contributed by atoms with Crippen LogP contribution >= 0.6 is 0 Å². The van der Waals surface area contributed by atoms with Gasteiger partial charge in [0.1, 0.15) is 0 Å². The van der Waals surface area contributed by atoms with Crippen molar-refractivity contribution in [1.82, 2.24) is 4.57 Å². The third-order valence-electron chi connectivity index (χ3n) is 4.08. The largest absolute Gasteiger partial charge is 0.493 e. The summed E-state index contributed by atoms with van der Waals surface area (Å²) in [6, 6.07) is 14.3. The minimum absolute atomic E-state index is 0.303. The first-order chi connectivity index (χ1) is 12.6. The fourth-order valence-corrected chi connectivity index (χ4v) is 2.79. The summed E-state index contributed by atoms with van der Waals surface area (Å²) in [4.78, 5) is 24.9. The number of fused-ring (bicyclic) bond motifs is 1. The van der Waals surface area contributed by atoms with Gasteiger partial charge in [0.2, 0.25) is 0 Å². The predicted octanol–water partition coefficient (Wildman–Crippen LogP) is 3.54. The molecular formula is C20H19NO5. The lowest BCUT2D eigenvalue weighted by Crippen LogP contribution is -2.29. The summed E-state index contributed by atoms with van der Waals surface area (Å²) in [6.45, 7) is 1.65. The summed E-state index contributed by atoms with van der Waals surface area (Å²) in [5.41, 5.74) is 0.953. The van der Waals surface area contributed by atoms with Crippen molar-refractivity contribution in [2.45, 2.75) is 13.0 Å². The lowest BCUT2D eigenvalue weighted by molar-refractivity contribution is 0.0602. The van der Waals surface area contributed by atoms with Crippen LogP contribution in [-0.4, -0.2) is 36.8 Å². The average Bonchev–Trinajstić information content (AvgIpc) is 3.06. The molecule has 0 saturated heterocycles. The highest BCUT2D eigenvalue weighted by Crippen LogP contribution is 2.28. The Hall–Kier alpha value is -3.28. The molecule has 1 unspecified atom stereocenters. The van der Waals surface area contributed by atoms with Crippen LogP contribution in [0.3, 0.4) is 0 Å². The summed E-state index contributed by atoms with van der Waals surface area (Å²) in [6.07, 6.45) is 0.702. The Labute approximate surface area is 150 Å². The number of hydrogen-bond acceptors (Lipinski definition) is 5. The molecule has 26 heavy (non-hydrogen) atoms. The summed E-state index contributed by atoms with van der Waals surface area (Å²) >= 11 is 0. The maximum Gasteiger partial charge on any atom is 0.340 e. The lowest BCUT2D eigenvalue weighted by atomic mass is 10.2. The van der Waals surface area contributed by atoms with Gasteiger partial charge in [0, 0.05) is 11.6 Å². The van der Waals surface area contributed by atoms with Gasteiger partial charge in [-0.1, -0.05) is 30.3 Å². The fraction of sp³-hybridized carbons (Fsp3) is 0.200. The minimum atomic E-state index is -0.785. The Bertz CT molecular complexity index is 960. The van der Waals surface area contributed by atoms with E-state index in [1.165, 1.54) is 25.0 Å².